The van der Waals surface area contributed by atoms with E-state index >= 15 is 0 Å². The first-order valence-corrected chi connectivity index (χ1v) is 7.45. The van der Waals surface area contributed by atoms with Crippen molar-refractivity contribution in [2.45, 2.75) is 50.9 Å². The predicted molar refractivity (Wildman–Crippen MR) is 75.3 cm³/mol. The molecule has 0 aromatic heterocycles. The minimum Gasteiger partial charge on any atom is -0.372 e. The van der Waals surface area contributed by atoms with Gasteiger partial charge in [0.15, 0.2) is 11.5 Å². The maximum atomic E-state index is 12.3. The summed E-state index contributed by atoms with van der Waals surface area (Å²) < 4.78 is 5.94. The van der Waals surface area contributed by atoms with E-state index in [1.165, 1.54) is 11.5 Å². The first-order valence-electron chi connectivity index (χ1n) is 7.07. The highest BCUT2D eigenvalue weighted by Crippen LogP contribution is 2.41. The van der Waals surface area contributed by atoms with Crippen molar-refractivity contribution in [1.29, 1.82) is 0 Å². The summed E-state index contributed by atoms with van der Waals surface area (Å²) in [6.07, 6.45) is 4.43. The fraction of sp³-hybridized carbons (Fsp3) is 0.533. The van der Waals surface area contributed by atoms with Crippen molar-refractivity contribution in [3.05, 3.63) is 29.3 Å². The molecule has 2 aliphatic rings. The molecule has 1 unspecified atom stereocenters. The normalized spacial score (nSPS) is 25.2. The summed E-state index contributed by atoms with van der Waals surface area (Å²) in [5.41, 5.74) is -0.617. The lowest BCUT2D eigenvalue weighted by Gasteiger charge is -2.38. The lowest BCUT2D eigenvalue weighted by molar-refractivity contribution is -0.221. The fourth-order valence-electron chi connectivity index (χ4n) is 2.96. The van der Waals surface area contributed by atoms with Crippen LogP contribution >= 0.6 is 11.6 Å². The highest BCUT2D eigenvalue weighted by molar-refractivity contribution is 6.32. The topological polar surface area (TPSA) is 38.8 Å². The molecule has 3 rings (SSSR count). The molecule has 1 aliphatic carbocycles. The van der Waals surface area contributed by atoms with Gasteiger partial charge in [0.1, 0.15) is 6.10 Å². The molecule has 1 amide bonds. The molecule has 1 saturated heterocycles. The van der Waals surface area contributed by atoms with Crippen LogP contribution in [0.1, 0.15) is 39.0 Å². The maximum absolute atomic E-state index is 12.3. The molecule has 20 heavy (non-hydrogen) atoms. The van der Waals surface area contributed by atoms with Crippen molar-refractivity contribution in [1.82, 2.24) is 5.06 Å². The van der Waals surface area contributed by atoms with Crippen LogP contribution in [0.15, 0.2) is 24.3 Å². The summed E-state index contributed by atoms with van der Waals surface area (Å²) in [7, 11) is 0. The molecule has 5 heteroatoms. The highest BCUT2D eigenvalue weighted by atomic mass is 35.5. The molecule has 1 aromatic rings. The molecule has 1 saturated carbocycles. The van der Waals surface area contributed by atoms with Crippen molar-refractivity contribution in [2.75, 3.05) is 0 Å². The van der Waals surface area contributed by atoms with Crippen LogP contribution in [-0.4, -0.2) is 22.8 Å². The van der Waals surface area contributed by atoms with E-state index in [4.69, 9.17) is 21.2 Å². The first-order chi connectivity index (χ1) is 9.62. The SMILES string of the molecule is CC1OC2(CCCCC2)N(Oc2ccccc2Cl)C1=O. The van der Waals surface area contributed by atoms with Crippen molar-refractivity contribution in [3.8, 4) is 5.75 Å². The number of carbonyl (C=O) groups excluding carboxylic acids is 1. The van der Waals surface area contributed by atoms with E-state index < -0.39 is 11.8 Å². The number of hydrogen-bond donors (Lipinski definition) is 0. The summed E-state index contributed by atoms with van der Waals surface area (Å²) in [5, 5.41) is 1.91. The molecule has 1 heterocycles. The number of ether oxygens (including phenoxy) is 1. The summed E-state index contributed by atoms with van der Waals surface area (Å²) in [5.74, 6) is 0.358. The molecular formula is C15H18ClNO3. The molecule has 108 valence electrons. The minimum atomic E-state index is -0.617. The molecule has 1 aromatic carbocycles. The summed E-state index contributed by atoms with van der Waals surface area (Å²) in [6.45, 7) is 1.77. The van der Waals surface area contributed by atoms with Gasteiger partial charge >= 0.3 is 0 Å². The van der Waals surface area contributed by atoms with Crippen molar-refractivity contribution >= 4 is 17.5 Å². The largest absolute Gasteiger partial charge is 0.372 e. The van der Waals surface area contributed by atoms with Gasteiger partial charge in [0, 0.05) is 0 Å². The van der Waals surface area contributed by atoms with Gasteiger partial charge in [0.05, 0.1) is 5.02 Å². The van der Waals surface area contributed by atoms with E-state index in [1.807, 2.05) is 12.1 Å². The fourth-order valence-corrected chi connectivity index (χ4v) is 3.13. The molecule has 0 bridgehead atoms. The van der Waals surface area contributed by atoms with Crippen molar-refractivity contribution in [2.24, 2.45) is 0 Å². The van der Waals surface area contributed by atoms with Gasteiger partial charge in [0.2, 0.25) is 0 Å². The molecule has 4 nitrogen and oxygen atoms in total. The predicted octanol–water partition coefficient (Wildman–Crippen LogP) is 3.54. The van der Waals surface area contributed by atoms with E-state index in [2.05, 4.69) is 0 Å². The van der Waals surface area contributed by atoms with Gasteiger partial charge in [-0.25, -0.2) is 0 Å². The zero-order chi connectivity index (χ0) is 14.2. The maximum Gasteiger partial charge on any atom is 0.286 e. The quantitative estimate of drug-likeness (QED) is 0.837. The van der Waals surface area contributed by atoms with E-state index in [0.29, 0.717) is 10.8 Å². The van der Waals surface area contributed by atoms with Gasteiger partial charge in [-0.15, -0.1) is 5.06 Å². The second kappa shape index (κ2) is 5.26. The molecule has 0 radical (unpaired) electrons. The summed E-state index contributed by atoms with van der Waals surface area (Å²) >= 11 is 6.11. The smallest absolute Gasteiger partial charge is 0.286 e. The minimum absolute atomic E-state index is 0.133. The number of benzene rings is 1. The number of halogens is 1. The molecule has 1 atom stereocenters. The van der Waals surface area contributed by atoms with Gasteiger partial charge in [0.25, 0.3) is 5.91 Å². The Morgan fingerprint density at radius 2 is 2.00 bits per heavy atom. The lowest BCUT2D eigenvalue weighted by atomic mass is 9.92. The van der Waals surface area contributed by atoms with Crippen LogP contribution in [0.5, 0.6) is 5.75 Å². The monoisotopic (exact) mass is 295 g/mol. The van der Waals surface area contributed by atoms with E-state index in [9.17, 15) is 4.79 Å². The Kier molecular flexibility index (Phi) is 3.61. The number of carbonyl (C=O) groups is 1. The Morgan fingerprint density at radius 3 is 2.70 bits per heavy atom. The first kappa shape index (κ1) is 13.7. The van der Waals surface area contributed by atoms with Crippen LogP contribution in [0.4, 0.5) is 0 Å². The zero-order valence-electron chi connectivity index (χ0n) is 11.5. The van der Waals surface area contributed by atoms with Crippen LogP contribution in [0.25, 0.3) is 0 Å². The third kappa shape index (κ3) is 2.27. The third-order valence-electron chi connectivity index (χ3n) is 3.98. The van der Waals surface area contributed by atoms with E-state index in [0.717, 1.165) is 25.7 Å². The number of amides is 1. The second-order valence-corrected chi connectivity index (χ2v) is 5.83. The standard InChI is InChI=1S/C15H18ClNO3/c1-11-14(18)17(15(19-11)9-5-2-6-10-15)20-13-8-4-3-7-12(13)16/h3-4,7-8,11H,2,5-6,9-10H2,1H3. The molecule has 1 aliphatic heterocycles. The molecule has 2 fully saturated rings. The van der Waals surface area contributed by atoms with Gasteiger partial charge in [-0.1, -0.05) is 30.2 Å². The summed E-state index contributed by atoms with van der Waals surface area (Å²) in [4.78, 5) is 18.1. The highest BCUT2D eigenvalue weighted by Gasteiger charge is 2.53. The van der Waals surface area contributed by atoms with Crippen LogP contribution in [0, 0.1) is 0 Å². The van der Waals surface area contributed by atoms with Crippen molar-refractivity contribution < 1.29 is 14.4 Å². The van der Waals surface area contributed by atoms with Crippen LogP contribution in [0.2, 0.25) is 5.02 Å². The van der Waals surface area contributed by atoms with Gasteiger partial charge in [-0.05, 0) is 44.7 Å². The molecular weight excluding hydrogens is 278 g/mol. The average Bonchev–Trinajstić information content (AvgIpc) is 2.66. The lowest BCUT2D eigenvalue weighted by Crippen LogP contribution is -2.49. The second-order valence-electron chi connectivity index (χ2n) is 5.42. The van der Waals surface area contributed by atoms with E-state index in [1.54, 1.807) is 19.1 Å². The average molecular weight is 296 g/mol. The zero-order valence-corrected chi connectivity index (χ0v) is 12.2. The number of rotatable bonds is 2. The Morgan fingerprint density at radius 1 is 1.30 bits per heavy atom. The number of hydroxylamine groups is 2. The Hall–Kier alpha value is -1.26. The van der Waals surface area contributed by atoms with Crippen LogP contribution in [0.3, 0.4) is 0 Å². The van der Waals surface area contributed by atoms with Gasteiger partial charge in [-0.3, -0.25) is 4.79 Å². The van der Waals surface area contributed by atoms with Gasteiger partial charge in [-0.2, -0.15) is 0 Å². The molecule has 0 N–H and O–H groups in total. The number of nitrogens with zero attached hydrogens (tertiary/aromatic N) is 1. The number of hydrogen-bond acceptors (Lipinski definition) is 3. The number of para-hydroxylation sites is 1. The van der Waals surface area contributed by atoms with Gasteiger partial charge < -0.3 is 9.57 Å². The Bertz CT molecular complexity index is 514. The Labute approximate surface area is 123 Å². The van der Waals surface area contributed by atoms with Crippen molar-refractivity contribution in [3.63, 3.8) is 0 Å². The van der Waals surface area contributed by atoms with Crippen LogP contribution in [-0.2, 0) is 9.53 Å². The van der Waals surface area contributed by atoms with Crippen LogP contribution < -0.4 is 4.84 Å². The summed E-state index contributed by atoms with van der Waals surface area (Å²) in [6, 6.07) is 7.17. The third-order valence-corrected chi connectivity index (χ3v) is 4.29. The van der Waals surface area contributed by atoms with E-state index in [-0.39, 0.29) is 5.91 Å². The molecule has 1 spiro atoms. The Balaban J connectivity index is 1.88.